The molecule has 0 unspecified atom stereocenters. The van der Waals surface area contributed by atoms with Gasteiger partial charge in [0.05, 0.1) is 12.1 Å². The van der Waals surface area contributed by atoms with Crippen LogP contribution in [-0.4, -0.2) is 34.0 Å². The van der Waals surface area contributed by atoms with E-state index in [0.29, 0.717) is 0 Å². The lowest BCUT2D eigenvalue weighted by Gasteiger charge is -2.31. The third-order valence-corrected chi connectivity index (χ3v) is 4.65. The van der Waals surface area contributed by atoms with Gasteiger partial charge in [-0.15, -0.1) is 11.3 Å². The van der Waals surface area contributed by atoms with Gasteiger partial charge in [0.15, 0.2) is 0 Å². The van der Waals surface area contributed by atoms with E-state index in [2.05, 4.69) is 19.9 Å². The fourth-order valence-electron chi connectivity index (χ4n) is 2.52. The number of anilines is 1. The summed E-state index contributed by atoms with van der Waals surface area (Å²) in [6.45, 7) is 3.81. The predicted molar refractivity (Wildman–Crippen MR) is 83.6 cm³/mol. The van der Waals surface area contributed by atoms with Crippen LogP contribution < -0.4 is 4.90 Å². The minimum atomic E-state index is -0.119. The monoisotopic (exact) mass is 318 g/mol. The van der Waals surface area contributed by atoms with Crippen molar-refractivity contribution in [3.05, 3.63) is 34.7 Å². The van der Waals surface area contributed by atoms with Gasteiger partial charge in [0.25, 0.3) is 0 Å². The average Bonchev–Trinajstić information content (AvgIpc) is 2.99. The molecule has 0 atom stereocenters. The van der Waals surface area contributed by atoms with Crippen molar-refractivity contribution in [3.63, 3.8) is 0 Å². The predicted octanol–water partition coefficient (Wildman–Crippen LogP) is 2.20. The van der Waals surface area contributed by atoms with Crippen LogP contribution in [0.2, 0.25) is 0 Å². The second-order valence-electron chi connectivity index (χ2n) is 5.32. The number of carbonyl (C=O) groups is 1. The molecule has 0 amide bonds. The molecular weight excluding hydrogens is 300 g/mol. The van der Waals surface area contributed by atoms with Gasteiger partial charge in [0.1, 0.15) is 17.4 Å². The van der Waals surface area contributed by atoms with Crippen molar-refractivity contribution in [1.82, 2.24) is 15.0 Å². The molecule has 0 aromatic carbocycles. The Balaban J connectivity index is 1.47. The summed E-state index contributed by atoms with van der Waals surface area (Å²) in [6, 6.07) is 0. The number of rotatable bonds is 4. The van der Waals surface area contributed by atoms with Crippen LogP contribution in [0.4, 0.5) is 5.82 Å². The van der Waals surface area contributed by atoms with Gasteiger partial charge in [0.2, 0.25) is 0 Å². The molecule has 2 aromatic rings. The van der Waals surface area contributed by atoms with Crippen molar-refractivity contribution in [1.29, 1.82) is 0 Å². The van der Waals surface area contributed by atoms with Crippen LogP contribution in [-0.2, 0) is 16.1 Å². The van der Waals surface area contributed by atoms with Gasteiger partial charge in [-0.1, -0.05) is 0 Å². The van der Waals surface area contributed by atoms with E-state index >= 15 is 0 Å². The number of thiazole rings is 1. The molecule has 3 rings (SSSR count). The summed E-state index contributed by atoms with van der Waals surface area (Å²) < 4.78 is 5.38. The Morgan fingerprint density at radius 2 is 2.23 bits per heavy atom. The maximum absolute atomic E-state index is 12.1. The minimum Gasteiger partial charge on any atom is -0.458 e. The smallest absolute Gasteiger partial charge is 0.309 e. The Morgan fingerprint density at radius 1 is 1.41 bits per heavy atom. The zero-order valence-corrected chi connectivity index (χ0v) is 13.3. The first kappa shape index (κ1) is 14.9. The number of piperidine rings is 1. The molecule has 0 aliphatic carbocycles. The summed E-state index contributed by atoms with van der Waals surface area (Å²) >= 11 is 1.52. The van der Waals surface area contributed by atoms with Gasteiger partial charge in [-0.2, -0.15) is 0 Å². The molecule has 0 radical (unpaired) electrons. The van der Waals surface area contributed by atoms with Crippen LogP contribution in [0.15, 0.2) is 24.0 Å². The first-order valence-electron chi connectivity index (χ1n) is 7.31. The van der Waals surface area contributed by atoms with Crippen LogP contribution in [0.5, 0.6) is 0 Å². The number of carbonyl (C=O) groups excluding carboxylic acids is 1. The molecule has 2 aromatic heterocycles. The Morgan fingerprint density at radius 3 is 2.86 bits per heavy atom. The zero-order chi connectivity index (χ0) is 15.4. The highest BCUT2D eigenvalue weighted by atomic mass is 32.1. The normalized spacial score (nSPS) is 15.8. The summed E-state index contributed by atoms with van der Waals surface area (Å²) in [5, 5.41) is 2.81. The van der Waals surface area contributed by atoms with Crippen molar-refractivity contribution in [2.75, 3.05) is 18.0 Å². The molecule has 7 heteroatoms. The van der Waals surface area contributed by atoms with Gasteiger partial charge in [-0.25, -0.2) is 9.97 Å². The van der Waals surface area contributed by atoms with Gasteiger partial charge >= 0.3 is 5.97 Å². The van der Waals surface area contributed by atoms with E-state index < -0.39 is 0 Å². The molecular formula is C15H18N4O2S. The van der Waals surface area contributed by atoms with Gasteiger partial charge in [-0.3, -0.25) is 9.78 Å². The lowest BCUT2D eigenvalue weighted by Crippen LogP contribution is -2.37. The Bertz CT molecular complexity index is 623. The molecule has 0 saturated carbocycles. The van der Waals surface area contributed by atoms with Crippen LogP contribution in [0.3, 0.4) is 0 Å². The molecule has 1 saturated heterocycles. The third kappa shape index (κ3) is 3.59. The number of aromatic nitrogens is 3. The minimum absolute atomic E-state index is 0.0334. The van der Waals surface area contributed by atoms with Crippen LogP contribution in [0, 0.1) is 12.8 Å². The van der Waals surface area contributed by atoms with E-state index in [0.717, 1.165) is 42.5 Å². The molecule has 0 spiro atoms. The number of aryl methyl sites for hydroxylation is 1. The molecule has 1 aliphatic rings. The third-order valence-electron chi connectivity index (χ3n) is 3.71. The number of hydrogen-bond acceptors (Lipinski definition) is 7. The van der Waals surface area contributed by atoms with E-state index in [4.69, 9.17) is 4.74 Å². The first-order valence-corrected chi connectivity index (χ1v) is 8.19. The number of ether oxygens (including phenoxy) is 1. The van der Waals surface area contributed by atoms with E-state index in [1.54, 1.807) is 18.6 Å². The van der Waals surface area contributed by atoms with Gasteiger partial charge < -0.3 is 9.64 Å². The van der Waals surface area contributed by atoms with Crippen molar-refractivity contribution >= 4 is 23.1 Å². The Labute approximate surface area is 133 Å². The van der Waals surface area contributed by atoms with Crippen LogP contribution in [0.1, 0.15) is 23.5 Å². The number of esters is 1. The fraction of sp³-hybridized carbons (Fsp3) is 0.467. The largest absolute Gasteiger partial charge is 0.458 e. The molecule has 0 N–H and O–H groups in total. The van der Waals surface area contributed by atoms with Crippen molar-refractivity contribution in [2.45, 2.75) is 26.4 Å². The highest BCUT2D eigenvalue weighted by Gasteiger charge is 2.27. The second-order valence-corrected chi connectivity index (χ2v) is 6.26. The second kappa shape index (κ2) is 6.83. The lowest BCUT2D eigenvalue weighted by molar-refractivity contribution is -0.150. The van der Waals surface area contributed by atoms with Gasteiger partial charge in [0, 0.05) is 36.6 Å². The molecule has 6 nitrogen and oxygen atoms in total. The summed E-state index contributed by atoms with van der Waals surface area (Å²) in [5.74, 6) is 0.716. The standard InChI is InChI=1S/C15H18N4O2S/c1-11-10-22-14(18-11)9-21-15(20)12-2-6-19(7-3-12)13-8-16-4-5-17-13/h4-5,8,10,12H,2-3,6-7,9H2,1H3. The summed E-state index contributed by atoms with van der Waals surface area (Å²) in [4.78, 5) is 26.9. The number of hydrogen-bond donors (Lipinski definition) is 0. The maximum atomic E-state index is 12.1. The topological polar surface area (TPSA) is 68.2 Å². The first-order chi connectivity index (χ1) is 10.7. The molecule has 0 bridgehead atoms. The van der Waals surface area contributed by atoms with Crippen molar-refractivity contribution < 1.29 is 9.53 Å². The average molecular weight is 318 g/mol. The van der Waals surface area contributed by atoms with Crippen molar-refractivity contribution in [2.24, 2.45) is 5.92 Å². The zero-order valence-electron chi connectivity index (χ0n) is 12.4. The Kier molecular flexibility index (Phi) is 4.62. The maximum Gasteiger partial charge on any atom is 0.309 e. The van der Waals surface area contributed by atoms with E-state index in [1.807, 2.05) is 12.3 Å². The van der Waals surface area contributed by atoms with Crippen molar-refractivity contribution in [3.8, 4) is 0 Å². The fourth-order valence-corrected chi connectivity index (χ4v) is 3.20. The number of nitrogens with zero attached hydrogens (tertiary/aromatic N) is 4. The highest BCUT2D eigenvalue weighted by molar-refractivity contribution is 7.09. The van der Waals surface area contributed by atoms with E-state index in [1.165, 1.54) is 11.3 Å². The molecule has 22 heavy (non-hydrogen) atoms. The van der Waals surface area contributed by atoms with Gasteiger partial charge in [-0.05, 0) is 19.8 Å². The molecule has 116 valence electrons. The molecule has 3 heterocycles. The molecule has 1 fully saturated rings. The summed E-state index contributed by atoms with van der Waals surface area (Å²) in [7, 11) is 0. The van der Waals surface area contributed by atoms with E-state index in [-0.39, 0.29) is 18.5 Å². The molecule has 1 aliphatic heterocycles. The summed E-state index contributed by atoms with van der Waals surface area (Å²) in [5.41, 5.74) is 0.966. The Hall–Kier alpha value is -2.02. The van der Waals surface area contributed by atoms with Crippen LogP contribution >= 0.6 is 11.3 Å². The quantitative estimate of drug-likeness (QED) is 0.805. The lowest BCUT2D eigenvalue weighted by atomic mass is 9.97. The summed E-state index contributed by atoms with van der Waals surface area (Å²) in [6.07, 6.45) is 6.67. The SMILES string of the molecule is Cc1csc(COC(=O)C2CCN(c3cnccn3)CC2)n1. The van der Waals surface area contributed by atoms with Crippen LogP contribution in [0.25, 0.3) is 0 Å². The van der Waals surface area contributed by atoms with E-state index in [9.17, 15) is 4.79 Å². The highest BCUT2D eigenvalue weighted by Crippen LogP contribution is 2.22.